The molecule has 1 aliphatic rings. The van der Waals surface area contributed by atoms with Crippen LogP contribution in [0.3, 0.4) is 0 Å². The van der Waals surface area contributed by atoms with Crippen LogP contribution in [0.4, 0.5) is 0 Å². The number of ether oxygens (including phenoxy) is 1. The van der Waals surface area contributed by atoms with E-state index in [2.05, 4.69) is 17.0 Å². The van der Waals surface area contributed by atoms with Gasteiger partial charge in [0.15, 0.2) is 0 Å². The Kier molecular flexibility index (Phi) is 6.40. The minimum Gasteiger partial charge on any atom is -0.377 e. The van der Waals surface area contributed by atoms with E-state index in [0.29, 0.717) is 6.54 Å². The molecule has 102 valence electrons. The van der Waals surface area contributed by atoms with Crippen LogP contribution >= 0.6 is 0 Å². The summed E-state index contributed by atoms with van der Waals surface area (Å²) in [6.45, 7) is 6.03. The first kappa shape index (κ1) is 14.9. The van der Waals surface area contributed by atoms with E-state index >= 15 is 0 Å². The maximum absolute atomic E-state index is 11.8. The van der Waals surface area contributed by atoms with Crippen LogP contribution in [0.5, 0.6) is 0 Å². The van der Waals surface area contributed by atoms with Gasteiger partial charge in [-0.1, -0.05) is 6.92 Å². The lowest BCUT2D eigenvalue weighted by Gasteiger charge is -2.19. The molecule has 0 aromatic rings. The lowest BCUT2D eigenvalue weighted by atomic mass is 10.1. The molecule has 2 N–H and O–H groups in total. The zero-order valence-electron chi connectivity index (χ0n) is 10.7. The Morgan fingerprint density at radius 1 is 1.41 bits per heavy atom. The molecule has 1 heterocycles. The van der Waals surface area contributed by atoms with Gasteiger partial charge in [-0.3, -0.25) is 0 Å². The van der Waals surface area contributed by atoms with Crippen LogP contribution in [0.2, 0.25) is 0 Å². The lowest BCUT2D eigenvalue weighted by Crippen LogP contribution is -2.43. The molecule has 1 aliphatic heterocycles. The topological polar surface area (TPSA) is 67.4 Å². The van der Waals surface area contributed by atoms with Crippen LogP contribution in [0.25, 0.3) is 0 Å². The molecule has 0 aromatic heterocycles. The summed E-state index contributed by atoms with van der Waals surface area (Å²) in [6, 6.07) is -0.131. The highest BCUT2D eigenvalue weighted by Crippen LogP contribution is 2.15. The molecule has 5 nitrogen and oxygen atoms in total. The first-order valence-corrected chi connectivity index (χ1v) is 8.02. The minimum atomic E-state index is -3.19. The van der Waals surface area contributed by atoms with Gasteiger partial charge in [-0.25, -0.2) is 13.1 Å². The van der Waals surface area contributed by atoms with E-state index < -0.39 is 10.0 Å². The zero-order chi connectivity index (χ0) is 12.7. The van der Waals surface area contributed by atoms with Gasteiger partial charge in [0.1, 0.15) is 0 Å². The average molecular weight is 264 g/mol. The van der Waals surface area contributed by atoms with Gasteiger partial charge in [0.25, 0.3) is 0 Å². The second-order valence-electron chi connectivity index (χ2n) is 4.53. The second-order valence-corrected chi connectivity index (χ2v) is 6.40. The summed E-state index contributed by atoms with van der Waals surface area (Å²) in [6.07, 6.45) is 3.01. The van der Waals surface area contributed by atoms with Crippen molar-refractivity contribution in [1.29, 1.82) is 0 Å². The molecule has 2 atom stereocenters. The number of rotatable bonds is 8. The normalized spacial score (nSPS) is 22.8. The van der Waals surface area contributed by atoms with E-state index in [4.69, 9.17) is 4.74 Å². The summed E-state index contributed by atoms with van der Waals surface area (Å²) in [7, 11) is -3.19. The van der Waals surface area contributed by atoms with E-state index in [0.717, 1.165) is 32.4 Å². The summed E-state index contributed by atoms with van der Waals surface area (Å²) in [5.41, 5.74) is 0. The third kappa shape index (κ3) is 5.81. The second kappa shape index (κ2) is 7.31. The molecule has 0 aromatic carbocycles. The van der Waals surface area contributed by atoms with Gasteiger partial charge in [0.2, 0.25) is 10.0 Å². The molecule has 0 bridgehead atoms. The van der Waals surface area contributed by atoms with Crippen LogP contribution in [0.15, 0.2) is 0 Å². The van der Waals surface area contributed by atoms with Gasteiger partial charge in [-0.05, 0) is 32.7 Å². The first-order valence-electron chi connectivity index (χ1n) is 6.37. The Balaban J connectivity index is 2.27. The van der Waals surface area contributed by atoms with Crippen molar-refractivity contribution in [2.24, 2.45) is 0 Å². The fraction of sp³-hybridized carbons (Fsp3) is 1.00. The SMILES string of the molecule is CCCNCCS(=O)(=O)NC(C)C1CCCO1. The Labute approximate surface area is 104 Å². The smallest absolute Gasteiger partial charge is 0.213 e. The highest BCUT2D eigenvalue weighted by Gasteiger charge is 2.25. The van der Waals surface area contributed by atoms with Gasteiger partial charge in [0.05, 0.1) is 11.9 Å². The number of nitrogens with one attached hydrogen (secondary N) is 2. The standard InChI is InChI=1S/C11H24N2O3S/c1-3-6-12-7-9-17(14,15)13-10(2)11-5-4-8-16-11/h10-13H,3-9H2,1-2H3. The highest BCUT2D eigenvalue weighted by molar-refractivity contribution is 7.89. The van der Waals surface area contributed by atoms with Crippen LogP contribution in [0, 0.1) is 0 Å². The number of hydrogen-bond acceptors (Lipinski definition) is 4. The van der Waals surface area contributed by atoms with Gasteiger partial charge >= 0.3 is 0 Å². The van der Waals surface area contributed by atoms with Crippen LogP contribution in [-0.2, 0) is 14.8 Å². The summed E-state index contributed by atoms with van der Waals surface area (Å²) < 4.78 is 31.7. The van der Waals surface area contributed by atoms with Crippen molar-refractivity contribution in [2.75, 3.05) is 25.4 Å². The van der Waals surface area contributed by atoms with Crippen molar-refractivity contribution < 1.29 is 13.2 Å². The quantitative estimate of drug-likeness (QED) is 0.626. The van der Waals surface area contributed by atoms with E-state index in [-0.39, 0.29) is 17.9 Å². The molecule has 17 heavy (non-hydrogen) atoms. The van der Waals surface area contributed by atoms with E-state index in [9.17, 15) is 8.42 Å². The molecule has 1 rings (SSSR count). The zero-order valence-corrected chi connectivity index (χ0v) is 11.6. The van der Waals surface area contributed by atoms with Crippen molar-refractivity contribution in [1.82, 2.24) is 10.0 Å². The maximum atomic E-state index is 11.8. The molecule has 0 aliphatic carbocycles. The molecule has 0 saturated carbocycles. The third-order valence-corrected chi connectivity index (χ3v) is 4.33. The van der Waals surface area contributed by atoms with Gasteiger partial charge in [-0.2, -0.15) is 0 Å². The Morgan fingerprint density at radius 3 is 2.76 bits per heavy atom. The molecule has 2 unspecified atom stereocenters. The fourth-order valence-electron chi connectivity index (χ4n) is 1.92. The summed E-state index contributed by atoms with van der Waals surface area (Å²) >= 11 is 0. The van der Waals surface area contributed by atoms with Crippen molar-refractivity contribution in [3.8, 4) is 0 Å². The van der Waals surface area contributed by atoms with Crippen LogP contribution in [-0.4, -0.2) is 46.0 Å². The Morgan fingerprint density at radius 2 is 2.18 bits per heavy atom. The predicted octanol–water partition coefficient (Wildman–Crippen LogP) is 0.473. The van der Waals surface area contributed by atoms with E-state index in [1.54, 1.807) is 0 Å². The minimum absolute atomic E-state index is 0.0355. The van der Waals surface area contributed by atoms with Crippen molar-refractivity contribution in [3.05, 3.63) is 0 Å². The number of sulfonamides is 1. The monoisotopic (exact) mass is 264 g/mol. The molecule has 1 fully saturated rings. The van der Waals surface area contributed by atoms with Crippen molar-refractivity contribution >= 4 is 10.0 Å². The van der Waals surface area contributed by atoms with Crippen LogP contribution < -0.4 is 10.0 Å². The molecule has 0 radical (unpaired) electrons. The number of hydrogen-bond donors (Lipinski definition) is 2. The van der Waals surface area contributed by atoms with Crippen LogP contribution in [0.1, 0.15) is 33.1 Å². The Bertz CT molecular complexity index is 300. The molecule has 1 saturated heterocycles. The summed E-state index contributed by atoms with van der Waals surface area (Å²) in [5, 5.41) is 3.08. The van der Waals surface area contributed by atoms with Gasteiger partial charge in [-0.15, -0.1) is 0 Å². The van der Waals surface area contributed by atoms with Crippen molar-refractivity contribution in [3.63, 3.8) is 0 Å². The molecular weight excluding hydrogens is 240 g/mol. The summed E-state index contributed by atoms with van der Waals surface area (Å²) in [5.74, 6) is 0.129. The molecule has 0 amide bonds. The van der Waals surface area contributed by atoms with E-state index in [1.807, 2.05) is 6.92 Å². The third-order valence-electron chi connectivity index (χ3n) is 2.86. The van der Waals surface area contributed by atoms with E-state index in [1.165, 1.54) is 0 Å². The lowest BCUT2D eigenvalue weighted by molar-refractivity contribution is 0.0902. The van der Waals surface area contributed by atoms with Crippen molar-refractivity contribution in [2.45, 2.75) is 45.3 Å². The average Bonchev–Trinajstić information content (AvgIpc) is 2.77. The van der Waals surface area contributed by atoms with Gasteiger partial charge in [0, 0.05) is 19.2 Å². The molecular formula is C11H24N2O3S. The Hall–Kier alpha value is -0.170. The fourth-order valence-corrected chi connectivity index (χ4v) is 3.17. The van der Waals surface area contributed by atoms with Gasteiger partial charge < -0.3 is 10.1 Å². The summed E-state index contributed by atoms with van der Waals surface area (Å²) in [4.78, 5) is 0. The molecule has 0 spiro atoms. The highest BCUT2D eigenvalue weighted by atomic mass is 32.2. The first-order chi connectivity index (χ1) is 8.05. The molecule has 6 heteroatoms. The maximum Gasteiger partial charge on any atom is 0.213 e. The largest absolute Gasteiger partial charge is 0.377 e. The predicted molar refractivity (Wildman–Crippen MR) is 68.5 cm³/mol.